The van der Waals surface area contributed by atoms with E-state index in [9.17, 15) is 4.79 Å². The molecule has 0 spiro atoms. The van der Waals surface area contributed by atoms with E-state index in [1.165, 1.54) is 4.88 Å². The van der Waals surface area contributed by atoms with Crippen LogP contribution in [-0.2, 0) is 11.2 Å². The van der Waals surface area contributed by atoms with Crippen LogP contribution in [0.15, 0.2) is 40.7 Å². The highest BCUT2D eigenvalue weighted by atomic mass is 127. The van der Waals surface area contributed by atoms with Crippen LogP contribution in [0.25, 0.3) is 0 Å². The maximum absolute atomic E-state index is 11.8. The number of fused-ring (bicyclic) bond motifs is 1. The first-order chi connectivity index (χ1) is 15.3. The number of nitrogens with one attached hydrogen (secondary N) is 2. The highest BCUT2D eigenvalue weighted by Gasteiger charge is 2.19. The minimum Gasteiger partial charge on any atom is -0.490 e. The molecular weight excluding hydrogens is 539 g/mol. The smallest absolute Gasteiger partial charge is 0.222 e. The lowest BCUT2D eigenvalue weighted by Crippen LogP contribution is -2.33. The Morgan fingerprint density at radius 3 is 2.81 bits per heavy atom. The Balaban J connectivity index is 0.00000289. The van der Waals surface area contributed by atoms with E-state index in [1.807, 2.05) is 23.1 Å². The molecule has 32 heavy (non-hydrogen) atoms. The first-order valence-electron chi connectivity index (χ1n) is 11.0. The number of rotatable bonds is 8. The zero-order valence-electron chi connectivity index (χ0n) is 18.2. The Bertz CT molecular complexity index is 891. The molecule has 1 saturated heterocycles. The van der Waals surface area contributed by atoms with Crippen LogP contribution in [0.5, 0.6) is 11.5 Å². The second-order valence-corrected chi connectivity index (χ2v) is 8.69. The number of halogens is 1. The summed E-state index contributed by atoms with van der Waals surface area (Å²) in [4.78, 5) is 19.8. The van der Waals surface area contributed by atoms with E-state index in [1.54, 1.807) is 11.3 Å². The number of nitrogens with zero attached hydrogens (tertiary/aromatic N) is 2. The van der Waals surface area contributed by atoms with Crippen LogP contribution in [-0.4, -0.2) is 56.2 Å². The van der Waals surface area contributed by atoms with E-state index in [-0.39, 0.29) is 29.9 Å². The number of benzene rings is 1. The highest BCUT2D eigenvalue weighted by Crippen LogP contribution is 2.32. The van der Waals surface area contributed by atoms with Gasteiger partial charge in [-0.1, -0.05) is 6.07 Å². The van der Waals surface area contributed by atoms with Crippen LogP contribution in [0.2, 0.25) is 0 Å². The molecule has 0 radical (unpaired) electrons. The third-order valence-electron chi connectivity index (χ3n) is 5.28. The number of likely N-dealkylation sites (tertiary alicyclic amines) is 1. The fourth-order valence-electron chi connectivity index (χ4n) is 3.67. The lowest BCUT2D eigenvalue weighted by atomic mass is 10.2. The minimum atomic E-state index is 0. The molecule has 1 amide bonds. The number of amides is 1. The molecule has 0 bridgehead atoms. The molecule has 0 unspecified atom stereocenters. The predicted octanol–water partition coefficient (Wildman–Crippen LogP) is 4.14. The van der Waals surface area contributed by atoms with E-state index in [2.05, 4.69) is 28.1 Å². The summed E-state index contributed by atoms with van der Waals surface area (Å²) in [6.07, 6.45) is 4.34. The number of guanidine groups is 1. The van der Waals surface area contributed by atoms with Crippen LogP contribution >= 0.6 is 35.3 Å². The van der Waals surface area contributed by atoms with Gasteiger partial charge >= 0.3 is 0 Å². The molecule has 2 aliphatic heterocycles. The summed E-state index contributed by atoms with van der Waals surface area (Å²) >= 11 is 1.76. The molecule has 1 fully saturated rings. The van der Waals surface area contributed by atoms with Crippen LogP contribution in [0.1, 0.15) is 30.6 Å². The summed E-state index contributed by atoms with van der Waals surface area (Å²) < 4.78 is 11.5. The zero-order valence-corrected chi connectivity index (χ0v) is 21.3. The predicted molar refractivity (Wildman–Crippen MR) is 140 cm³/mol. The van der Waals surface area contributed by atoms with Crippen molar-refractivity contribution >= 4 is 52.9 Å². The van der Waals surface area contributed by atoms with Crippen molar-refractivity contribution in [2.75, 3.05) is 44.7 Å². The number of carbonyl (C=O) groups excluding carboxylic acids is 1. The SMILES string of the molecule is I.O=C1CCCN1CCCN=C(NCCc1cccs1)Nc1ccc2c(c1)OCCCO2. The molecule has 1 aromatic heterocycles. The molecule has 3 heterocycles. The Labute approximate surface area is 210 Å². The van der Waals surface area contributed by atoms with Gasteiger partial charge in [-0.15, -0.1) is 35.3 Å². The fourth-order valence-corrected chi connectivity index (χ4v) is 4.38. The average Bonchev–Trinajstić information content (AvgIpc) is 3.37. The number of aliphatic imine (C=N–C) groups is 1. The molecule has 9 heteroatoms. The maximum Gasteiger partial charge on any atom is 0.222 e. The second kappa shape index (κ2) is 12.9. The van der Waals surface area contributed by atoms with E-state index >= 15 is 0 Å². The van der Waals surface area contributed by atoms with Crippen molar-refractivity contribution in [3.63, 3.8) is 0 Å². The summed E-state index contributed by atoms with van der Waals surface area (Å²) in [6.45, 7) is 4.44. The monoisotopic (exact) mass is 570 g/mol. The lowest BCUT2D eigenvalue weighted by Gasteiger charge is -2.16. The van der Waals surface area contributed by atoms with Gasteiger partial charge in [-0.25, -0.2) is 0 Å². The molecule has 2 aliphatic rings. The largest absolute Gasteiger partial charge is 0.490 e. The van der Waals surface area contributed by atoms with Gasteiger partial charge in [0.2, 0.25) is 5.91 Å². The van der Waals surface area contributed by atoms with Gasteiger partial charge in [0, 0.05) is 55.7 Å². The summed E-state index contributed by atoms with van der Waals surface area (Å²) in [7, 11) is 0. The second-order valence-electron chi connectivity index (χ2n) is 7.66. The Morgan fingerprint density at radius 1 is 1.16 bits per heavy atom. The van der Waals surface area contributed by atoms with Crippen molar-refractivity contribution in [3.8, 4) is 11.5 Å². The van der Waals surface area contributed by atoms with Gasteiger partial charge in [0.05, 0.1) is 13.2 Å². The van der Waals surface area contributed by atoms with E-state index in [0.29, 0.717) is 26.2 Å². The van der Waals surface area contributed by atoms with Gasteiger partial charge in [0.25, 0.3) is 0 Å². The normalized spacial score (nSPS) is 15.8. The fraction of sp³-hybridized carbons (Fsp3) is 0.478. The van der Waals surface area contributed by atoms with E-state index < -0.39 is 0 Å². The highest BCUT2D eigenvalue weighted by molar-refractivity contribution is 14.0. The standard InChI is InChI=1S/C23H30N4O3S.HI/c28-22-6-1-12-27(22)13-3-10-24-23(25-11-9-19-5-2-16-31-19)26-18-7-8-20-21(17-18)30-15-4-14-29-20;/h2,5,7-8,16-17H,1,3-4,6,9-15H2,(H2,24,25,26);1H. The van der Waals surface area contributed by atoms with Crippen molar-refractivity contribution in [1.82, 2.24) is 10.2 Å². The third-order valence-corrected chi connectivity index (χ3v) is 6.22. The first kappa shape index (κ1) is 24.6. The zero-order chi connectivity index (χ0) is 21.3. The van der Waals surface area contributed by atoms with Crippen LogP contribution in [0.4, 0.5) is 5.69 Å². The molecule has 0 aliphatic carbocycles. The molecule has 0 atom stereocenters. The first-order valence-corrected chi connectivity index (χ1v) is 11.9. The summed E-state index contributed by atoms with van der Waals surface area (Å²) in [6, 6.07) is 10.1. The Hall–Kier alpha value is -2.01. The molecule has 0 saturated carbocycles. The number of hydrogen-bond acceptors (Lipinski definition) is 5. The van der Waals surface area contributed by atoms with Crippen molar-refractivity contribution in [1.29, 1.82) is 0 Å². The van der Waals surface area contributed by atoms with Gasteiger partial charge < -0.3 is 25.0 Å². The molecule has 7 nitrogen and oxygen atoms in total. The summed E-state index contributed by atoms with van der Waals surface area (Å²) in [5, 5.41) is 8.92. The van der Waals surface area contributed by atoms with Crippen LogP contribution < -0.4 is 20.1 Å². The lowest BCUT2D eigenvalue weighted by molar-refractivity contribution is -0.127. The molecule has 2 aromatic rings. The van der Waals surface area contributed by atoms with E-state index in [0.717, 1.165) is 68.5 Å². The number of hydrogen-bond donors (Lipinski definition) is 2. The Kier molecular flexibility index (Phi) is 9.91. The molecule has 174 valence electrons. The Morgan fingerprint density at radius 2 is 2.03 bits per heavy atom. The number of anilines is 1. The number of ether oxygens (including phenoxy) is 2. The maximum atomic E-state index is 11.8. The average molecular weight is 570 g/mol. The number of thiophene rings is 1. The van der Waals surface area contributed by atoms with Crippen molar-refractivity contribution < 1.29 is 14.3 Å². The minimum absolute atomic E-state index is 0. The van der Waals surface area contributed by atoms with Crippen LogP contribution in [0.3, 0.4) is 0 Å². The van der Waals surface area contributed by atoms with Crippen LogP contribution in [0, 0.1) is 0 Å². The topological polar surface area (TPSA) is 75.2 Å². The van der Waals surface area contributed by atoms with Gasteiger partial charge in [-0.05, 0) is 42.8 Å². The van der Waals surface area contributed by atoms with Crippen molar-refractivity contribution in [2.45, 2.75) is 32.1 Å². The van der Waals surface area contributed by atoms with Crippen molar-refractivity contribution in [3.05, 3.63) is 40.6 Å². The van der Waals surface area contributed by atoms with Gasteiger partial charge in [0.1, 0.15) is 0 Å². The van der Waals surface area contributed by atoms with Gasteiger partial charge in [0.15, 0.2) is 17.5 Å². The summed E-state index contributed by atoms with van der Waals surface area (Å²) in [5.41, 5.74) is 0.904. The van der Waals surface area contributed by atoms with Gasteiger partial charge in [-0.2, -0.15) is 0 Å². The molecular formula is C23H31IN4O3S. The third kappa shape index (κ3) is 7.26. The molecule has 1 aromatic carbocycles. The number of carbonyl (C=O) groups is 1. The van der Waals surface area contributed by atoms with Gasteiger partial charge in [-0.3, -0.25) is 9.79 Å². The van der Waals surface area contributed by atoms with E-state index in [4.69, 9.17) is 14.5 Å². The summed E-state index contributed by atoms with van der Waals surface area (Å²) in [5.74, 6) is 2.54. The molecule has 2 N–H and O–H groups in total. The van der Waals surface area contributed by atoms with Crippen molar-refractivity contribution in [2.24, 2.45) is 4.99 Å². The molecule has 4 rings (SSSR count). The quantitative estimate of drug-likeness (QED) is 0.216.